The minimum absolute atomic E-state index is 0.764. The van der Waals surface area contributed by atoms with Gasteiger partial charge in [0.25, 0.3) is 0 Å². The second kappa shape index (κ2) is 3.65. The van der Waals surface area contributed by atoms with E-state index in [4.69, 9.17) is 10.00 Å². The number of hydrogen-bond donors (Lipinski definition) is 2. The summed E-state index contributed by atoms with van der Waals surface area (Å²) in [5.41, 5.74) is -0.764. The van der Waals surface area contributed by atoms with Crippen LogP contribution in [0.4, 0.5) is 0 Å². The van der Waals surface area contributed by atoms with Crippen molar-refractivity contribution >= 4 is 7.82 Å². The van der Waals surface area contributed by atoms with Crippen molar-refractivity contribution in [2.75, 3.05) is 6.79 Å². The lowest BCUT2D eigenvalue weighted by atomic mass is 10.2. The highest BCUT2D eigenvalue weighted by molar-refractivity contribution is 7.47. The molecule has 0 aliphatic rings. The lowest BCUT2D eigenvalue weighted by Gasteiger charge is -2.21. The number of phosphoric ester groups is 1. The zero-order valence-electron chi connectivity index (χ0n) is 6.77. The Morgan fingerprint density at radius 1 is 1.45 bits per heavy atom. The lowest BCUT2D eigenvalue weighted by molar-refractivity contribution is 0.0173. The van der Waals surface area contributed by atoms with E-state index in [-0.39, 0.29) is 0 Å². The zero-order valence-corrected chi connectivity index (χ0v) is 7.67. The van der Waals surface area contributed by atoms with E-state index in [2.05, 4.69) is 9.05 Å². The summed E-state index contributed by atoms with van der Waals surface area (Å²) in [6.07, 6.45) is 0. The second-order valence-electron chi connectivity index (χ2n) is 2.93. The van der Waals surface area contributed by atoms with E-state index in [1.54, 1.807) is 20.8 Å². The minimum Gasteiger partial charge on any atom is -0.370 e. The molecule has 6 heteroatoms. The number of aliphatic hydroxyl groups is 1. The third kappa shape index (κ3) is 6.47. The highest BCUT2D eigenvalue weighted by Crippen LogP contribution is 2.46. The third-order valence-corrected chi connectivity index (χ3v) is 1.83. The van der Waals surface area contributed by atoms with Gasteiger partial charge >= 0.3 is 7.82 Å². The van der Waals surface area contributed by atoms with Crippen LogP contribution < -0.4 is 0 Å². The monoisotopic (exact) mass is 184 g/mol. The summed E-state index contributed by atoms with van der Waals surface area (Å²) >= 11 is 0. The van der Waals surface area contributed by atoms with E-state index in [0.29, 0.717) is 0 Å². The van der Waals surface area contributed by atoms with Crippen LogP contribution in [0.15, 0.2) is 0 Å². The SMILES string of the molecule is CC(C)(C)OP(=O)(O)OCO. The molecule has 1 unspecified atom stereocenters. The van der Waals surface area contributed by atoms with Gasteiger partial charge in [-0.05, 0) is 20.8 Å². The Hall–Kier alpha value is 0.0700. The molecular weight excluding hydrogens is 171 g/mol. The third-order valence-electron chi connectivity index (χ3n) is 0.610. The van der Waals surface area contributed by atoms with Crippen LogP contribution in [0.1, 0.15) is 20.8 Å². The van der Waals surface area contributed by atoms with Gasteiger partial charge in [-0.3, -0.25) is 9.05 Å². The number of phosphoric acid groups is 1. The first-order valence-corrected chi connectivity index (χ1v) is 4.55. The second-order valence-corrected chi connectivity index (χ2v) is 4.31. The van der Waals surface area contributed by atoms with Crippen molar-refractivity contribution in [2.24, 2.45) is 0 Å². The standard InChI is InChI=1S/C5H13O5P/c1-5(2,3)10-11(7,8)9-4-6/h6H,4H2,1-3H3,(H,7,8). The van der Waals surface area contributed by atoms with Crippen molar-refractivity contribution in [1.82, 2.24) is 0 Å². The number of aliphatic hydroxyl groups excluding tert-OH is 1. The van der Waals surface area contributed by atoms with Crippen molar-refractivity contribution in [3.63, 3.8) is 0 Å². The Labute approximate surface area is 65.6 Å². The van der Waals surface area contributed by atoms with E-state index in [1.807, 2.05) is 0 Å². The van der Waals surface area contributed by atoms with E-state index < -0.39 is 20.2 Å². The van der Waals surface area contributed by atoms with Gasteiger partial charge in [-0.2, -0.15) is 0 Å². The Kier molecular flexibility index (Phi) is 3.67. The fourth-order valence-electron chi connectivity index (χ4n) is 0.445. The van der Waals surface area contributed by atoms with Crippen molar-refractivity contribution in [1.29, 1.82) is 0 Å². The molecule has 0 aromatic rings. The van der Waals surface area contributed by atoms with Gasteiger partial charge in [0.1, 0.15) is 0 Å². The Morgan fingerprint density at radius 2 is 1.91 bits per heavy atom. The largest absolute Gasteiger partial charge is 0.474 e. The maximum absolute atomic E-state index is 10.8. The van der Waals surface area contributed by atoms with Gasteiger partial charge in [0.15, 0.2) is 6.79 Å². The fraction of sp³-hybridized carbons (Fsp3) is 1.00. The Morgan fingerprint density at radius 3 is 2.18 bits per heavy atom. The molecule has 0 heterocycles. The molecule has 0 aromatic heterocycles. The van der Waals surface area contributed by atoms with Crippen LogP contribution in [0.5, 0.6) is 0 Å². The summed E-state index contributed by atoms with van der Waals surface area (Å²) in [6, 6.07) is 0. The van der Waals surface area contributed by atoms with Crippen LogP contribution >= 0.6 is 7.82 Å². The summed E-state index contributed by atoms with van der Waals surface area (Å²) in [7, 11) is -4.06. The molecule has 0 rings (SSSR count). The molecule has 0 saturated heterocycles. The summed E-state index contributed by atoms with van der Waals surface area (Å²) < 4.78 is 19.4. The van der Waals surface area contributed by atoms with Gasteiger partial charge in [0, 0.05) is 0 Å². The highest BCUT2D eigenvalue weighted by Gasteiger charge is 2.28. The van der Waals surface area contributed by atoms with Crippen LogP contribution in [0.3, 0.4) is 0 Å². The molecule has 2 N–H and O–H groups in total. The van der Waals surface area contributed by atoms with E-state index >= 15 is 0 Å². The molecule has 0 aliphatic carbocycles. The van der Waals surface area contributed by atoms with Crippen LogP contribution in [-0.2, 0) is 13.6 Å². The summed E-state index contributed by atoms with van der Waals surface area (Å²) in [6.45, 7) is 3.99. The van der Waals surface area contributed by atoms with E-state index in [0.717, 1.165) is 0 Å². The lowest BCUT2D eigenvalue weighted by Crippen LogP contribution is -2.18. The number of rotatable bonds is 3. The molecule has 11 heavy (non-hydrogen) atoms. The van der Waals surface area contributed by atoms with E-state index in [9.17, 15) is 4.57 Å². The average molecular weight is 184 g/mol. The molecule has 0 bridgehead atoms. The molecule has 0 aliphatic heterocycles. The van der Waals surface area contributed by atoms with Crippen molar-refractivity contribution < 1.29 is 23.6 Å². The molecule has 0 amide bonds. The molecule has 0 saturated carbocycles. The Bertz CT molecular complexity index is 161. The summed E-state index contributed by atoms with van der Waals surface area (Å²) in [5, 5.41) is 8.16. The predicted octanol–water partition coefficient (Wildman–Crippen LogP) is 0.868. The minimum atomic E-state index is -4.06. The van der Waals surface area contributed by atoms with Gasteiger partial charge < -0.3 is 10.00 Å². The van der Waals surface area contributed by atoms with Crippen LogP contribution in [0, 0.1) is 0 Å². The molecular formula is C5H13O5P. The highest BCUT2D eigenvalue weighted by atomic mass is 31.2. The molecule has 0 aromatic carbocycles. The summed E-state index contributed by atoms with van der Waals surface area (Å²) in [5.74, 6) is 0. The van der Waals surface area contributed by atoms with Crippen LogP contribution in [-0.4, -0.2) is 22.4 Å². The van der Waals surface area contributed by atoms with Gasteiger partial charge in [-0.15, -0.1) is 0 Å². The molecule has 68 valence electrons. The van der Waals surface area contributed by atoms with Crippen molar-refractivity contribution in [3.8, 4) is 0 Å². The predicted molar refractivity (Wildman–Crippen MR) is 38.8 cm³/mol. The molecule has 1 atom stereocenters. The maximum Gasteiger partial charge on any atom is 0.474 e. The van der Waals surface area contributed by atoms with Gasteiger partial charge in [0.05, 0.1) is 5.60 Å². The van der Waals surface area contributed by atoms with Crippen LogP contribution in [0.2, 0.25) is 0 Å². The van der Waals surface area contributed by atoms with E-state index in [1.165, 1.54) is 0 Å². The van der Waals surface area contributed by atoms with Gasteiger partial charge in [-0.25, -0.2) is 4.57 Å². The zero-order chi connectivity index (χ0) is 9.12. The van der Waals surface area contributed by atoms with Crippen LogP contribution in [0.25, 0.3) is 0 Å². The topological polar surface area (TPSA) is 76.0 Å². The summed E-state index contributed by atoms with van der Waals surface area (Å²) in [4.78, 5) is 8.80. The molecule has 0 spiro atoms. The molecule has 0 fully saturated rings. The smallest absolute Gasteiger partial charge is 0.370 e. The van der Waals surface area contributed by atoms with Crippen molar-refractivity contribution in [2.45, 2.75) is 26.4 Å². The maximum atomic E-state index is 10.8. The molecule has 0 radical (unpaired) electrons. The quantitative estimate of drug-likeness (QED) is 0.502. The van der Waals surface area contributed by atoms with Gasteiger partial charge in [-0.1, -0.05) is 0 Å². The Balaban J connectivity index is 4.03. The first-order valence-electron chi connectivity index (χ1n) is 3.06. The molecule has 5 nitrogen and oxygen atoms in total. The number of hydrogen-bond acceptors (Lipinski definition) is 4. The average Bonchev–Trinajstić information content (AvgIpc) is 1.55. The fourth-order valence-corrected chi connectivity index (χ4v) is 1.34. The first-order chi connectivity index (χ1) is 4.77. The first kappa shape index (κ1) is 11.1. The van der Waals surface area contributed by atoms with Gasteiger partial charge in [0.2, 0.25) is 0 Å². The normalized spacial score (nSPS) is 17.9. The van der Waals surface area contributed by atoms with Crippen molar-refractivity contribution in [3.05, 3.63) is 0 Å².